The third-order valence-electron chi connectivity index (χ3n) is 3.88. The van der Waals surface area contributed by atoms with E-state index in [1.165, 1.54) is 0 Å². The van der Waals surface area contributed by atoms with Gasteiger partial charge in [0.05, 0.1) is 12.2 Å². The van der Waals surface area contributed by atoms with Crippen molar-refractivity contribution in [3.8, 4) is 0 Å². The van der Waals surface area contributed by atoms with Crippen molar-refractivity contribution >= 4 is 23.4 Å². The van der Waals surface area contributed by atoms with Gasteiger partial charge in [0.1, 0.15) is 5.82 Å². The molecule has 0 aliphatic carbocycles. The predicted octanol–water partition coefficient (Wildman–Crippen LogP) is 3.36. The summed E-state index contributed by atoms with van der Waals surface area (Å²) in [4.78, 5) is 14.2. The van der Waals surface area contributed by atoms with E-state index < -0.39 is 0 Å². The van der Waals surface area contributed by atoms with E-state index in [2.05, 4.69) is 10.4 Å². The fourth-order valence-corrected chi connectivity index (χ4v) is 2.69. The van der Waals surface area contributed by atoms with Crippen LogP contribution in [-0.4, -0.2) is 27.3 Å². The highest BCUT2D eigenvalue weighted by atomic mass is 35.5. The number of carbonyl (C=O) groups is 1. The van der Waals surface area contributed by atoms with Crippen molar-refractivity contribution in [2.45, 2.75) is 19.4 Å². The lowest BCUT2D eigenvalue weighted by molar-refractivity contribution is 0.126. The maximum absolute atomic E-state index is 12.4. The van der Waals surface area contributed by atoms with Crippen LogP contribution in [0, 0.1) is 6.92 Å². The van der Waals surface area contributed by atoms with E-state index in [0.29, 0.717) is 5.02 Å². The summed E-state index contributed by atoms with van der Waals surface area (Å²) in [5, 5.41) is 7.77. The summed E-state index contributed by atoms with van der Waals surface area (Å²) >= 11 is 5.90. The highest BCUT2D eigenvalue weighted by Gasteiger charge is 2.33. The first-order chi connectivity index (χ1) is 10.1. The zero-order valence-electron chi connectivity index (χ0n) is 12.0. The first-order valence-corrected chi connectivity index (χ1v) is 7.26. The number of aryl methyl sites for hydroxylation is 2. The van der Waals surface area contributed by atoms with Crippen LogP contribution in [0.25, 0.3) is 0 Å². The first-order valence-electron chi connectivity index (χ1n) is 6.88. The Kier molecular flexibility index (Phi) is 3.59. The average Bonchev–Trinajstić information content (AvgIpc) is 2.72. The third-order valence-corrected chi connectivity index (χ3v) is 4.13. The van der Waals surface area contributed by atoms with Gasteiger partial charge in [0.25, 0.3) is 0 Å². The number of nitrogens with zero attached hydrogens (tertiary/aromatic N) is 3. The summed E-state index contributed by atoms with van der Waals surface area (Å²) in [7, 11) is 1.81. The monoisotopic (exact) mass is 304 g/mol. The topological polar surface area (TPSA) is 50.2 Å². The molecular weight excluding hydrogens is 288 g/mol. The minimum absolute atomic E-state index is 0.0899. The van der Waals surface area contributed by atoms with Crippen molar-refractivity contribution in [3.05, 3.63) is 46.6 Å². The standard InChI is InChI=1S/C15H17ClN4O/c1-10-9-17-19(2)14(10)18-15(21)20-8-7-13(20)11-3-5-12(16)6-4-11/h3-6,9,13H,7-8H2,1-2H3,(H,18,21). The third kappa shape index (κ3) is 2.61. The van der Waals surface area contributed by atoms with Crippen molar-refractivity contribution in [2.75, 3.05) is 11.9 Å². The highest BCUT2D eigenvalue weighted by Crippen LogP contribution is 2.34. The van der Waals surface area contributed by atoms with Crippen molar-refractivity contribution in [2.24, 2.45) is 7.05 Å². The fraction of sp³-hybridized carbons (Fsp3) is 0.333. The molecule has 1 fully saturated rings. The van der Waals surface area contributed by atoms with E-state index in [9.17, 15) is 4.79 Å². The molecule has 1 unspecified atom stereocenters. The predicted molar refractivity (Wildman–Crippen MR) is 82.5 cm³/mol. The lowest BCUT2D eigenvalue weighted by atomic mass is 9.95. The Hall–Kier alpha value is -2.01. The molecule has 0 radical (unpaired) electrons. The van der Waals surface area contributed by atoms with E-state index in [1.54, 1.807) is 10.9 Å². The molecule has 110 valence electrons. The van der Waals surface area contributed by atoms with Gasteiger partial charge >= 0.3 is 6.03 Å². The molecule has 1 saturated heterocycles. The largest absolute Gasteiger partial charge is 0.323 e. The molecule has 0 bridgehead atoms. The van der Waals surface area contributed by atoms with E-state index in [0.717, 1.165) is 29.9 Å². The lowest BCUT2D eigenvalue weighted by Gasteiger charge is -2.41. The summed E-state index contributed by atoms with van der Waals surface area (Å²) < 4.78 is 1.67. The highest BCUT2D eigenvalue weighted by molar-refractivity contribution is 6.30. The second-order valence-corrected chi connectivity index (χ2v) is 5.72. The summed E-state index contributed by atoms with van der Waals surface area (Å²) in [5.41, 5.74) is 2.07. The number of hydrogen-bond donors (Lipinski definition) is 1. The Morgan fingerprint density at radius 3 is 2.62 bits per heavy atom. The van der Waals surface area contributed by atoms with Crippen LogP contribution in [0.1, 0.15) is 23.6 Å². The summed E-state index contributed by atoms with van der Waals surface area (Å²) in [6.45, 7) is 2.69. The van der Waals surface area contributed by atoms with Gasteiger partial charge in [-0.25, -0.2) is 4.79 Å². The zero-order chi connectivity index (χ0) is 15.0. The molecule has 6 heteroatoms. The molecule has 3 rings (SSSR count). The van der Waals surface area contributed by atoms with Gasteiger partial charge in [-0.3, -0.25) is 10.00 Å². The number of urea groups is 1. The minimum Gasteiger partial charge on any atom is -0.317 e. The van der Waals surface area contributed by atoms with E-state index in [1.807, 2.05) is 43.1 Å². The molecule has 1 aromatic heterocycles. The quantitative estimate of drug-likeness (QED) is 0.925. The van der Waals surface area contributed by atoms with Crippen LogP contribution in [0.3, 0.4) is 0 Å². The number of carbonyl (C=O) groups excluding carboxylic acids is 1. The van der Waals surface area contributed by atoms with Gasteiger partial charge in [-0.2, -0.15) is 5.10 Å². The molecule has 0 saturated carbocycles. The van der Waals surface area contributed by atoms with Crippen LogP contribution in [0.2, 0.25) is 5.02 Å². The Morgan fingerprint density at radius 2 is 2.10 bits per heavy atom. The molecule has 2 heterocycles. The van der Waals surface area contributed by atoms with Gasteiger partial charge in [0.15, 0.2) is 0 Å². The van der Waals surface area contributed by atoms with Crippen LogP contribution >= 0.6 is 11.6 Å². The summed E-state index contributed by atoms with van der Waals surface area (Å²) in [5.74, 6) is 0.738. The normalized spacial score (nSPS) is 17.5. The Morgan fingerprint density at radius 1 is 1.38 bits per heavy atom. The molecule has 5 nitrogen and oxygen atoms in total. The van der Waals surface area contributed by atoms with Crippen molar-refractivity contribution in [1.29, 1.82) is 0 Å². The second-order valence-electron chi connectivity index (χ2n) is 5.28. The summed E-state index contributed by atoms with van der Waals surface area (Å²) in [6.07, 6.45) is 2.71. The smallest absolute Gasteiger partial charge is 0.317 e. The Labute approximate surface area is 128 Å². The van der Waals surface area contributed by atoms with Gasteiger partial charge in [-0.15, -0.1) is 0 Å². The number of amides is 2. The van der Waals surface area contributed by atoms with Crippen molar-refractivity contribution < 1.29 is 4.79 Å². The number of likely N-dealkylation sites (tertiary alicyclic amines) is 1. The molecule has 1 aromatic carbocycles. The first kappa shape index (κ1) is 13.9. The van der Waals surface area contributed by atoms with Crippen molar-refractivity contribution in [1.82, 2.24) is 14.7 Å². The average molecular weight is 305 g/mol. The van der Waals surface area contributed by atoms with Crippen LogP contribution in [0.15, 0.2) is 30.5 Å². The maximum Gasteiger partial charge on any atom is 0.323 e. The maximum atomic E-state index is 12.4. The van der Waals surface area contributed by atoms with Crippen molar-refractivity contribution in [3.63, 3.8) is 0 Å². The second kappa shape index (κ2) is 5.41. The number of halogens is 1. The van der Waals surface area contributed by atoms with E-state index in [-0.39, 0.29) is 12.1 Å². The number of rotatable bonds is 2. The number of hydrogen-bond acceptors (Lipinski definition) is 2. The number of benzene rings is 1. The van der Waals surface area contributed by atoms with E-state index in [4.69, 9.17) is 11.6 Å². The molecule has 1 aliphatic heterocycles. The molecular formula is C15H17ClN4O. The molecule has 1 N–H and O–H groups in total. The minimum atomic E-state index is -0.0899. The van der Waals surface area contributed by atoms with Gasteiger partial charge in [-0.05, 0) is 31.0 Å². The zero-order valence-corrected chi connectivity index (χ0v) is 12.8. The molecule has 0 spiro atoms. The van der Waals surface area contributed by atoms with Crippen LogP contribution in [0.5, 0.6) is 0 Å². The summed E-state index contributed by atoms with van der Waals surface area (Å²) in [6, 6.07) is 7.69. The van der Waals surface area contributed by atoms with Gasteiger partial charge in [-0.1, -0.05) is 23.7 Å². The fourth-order valence-electron chi connectivity index (χ4n) is 2.56. The SMILES string of the molecule is Cc1cnn(C)c1NC(=O)N1CCC1c1ccc(Cl)cc1. The number of anilines is 1. The number of nitrogens with one attached hydrogen (secondary N) is 1. The Bertz CT molecular complexity index is 645. The van der Waals surface area contributed by atoms with Crippen LogP contribution in [-0.2, 0) is 7.05 Å². The van der Waals surface area contributed by atoms with Gasteiger partial charge < -0.3 is 4.90 Å². The van der Waals surface area contributed by atoms with Crippen LogP contribution in [0.4, 0.5) is 10.6 Å². The number of aromatic nitrogens is 2. The van der Waals surface area contributed by atoms with Gasteiger partial charge in [0, 0.05) is 24.2 Å². The molecule has 2 amide bonds. The molecule has 2 aromatic rings. The Balaban J connectivity index is 1.72. The molecule has 21 heavy (non-hydrogen) atoms. The molecule has 1 aliphatic rings. The van der Waals surface area contributed by atoms with E-state index >= 15 is 0 Å². The molecule has 1 atom stereocenters. The van der Waals surface area contributed by atoms with Gasteiger partial charge in [0.2, 0.25) is 0 Å². The van der Waals surface area contributed by atoms with Crippen LogP contribution < -0.4 is 5.32 Å². The lowest BCUT2D eigenvalue weighted by Crippen LogP contribution is -2.47.